The summed E-state index contributed by atoms with van der Waals surface area (Å²) in [6.07, 6.45) is 4.44. The van der Waals surface area contributed by atoms with Crippen LogP contribution < -0.4 is 10.6 Å². The molecule has 3 amide bonds. The minimum atomic E-state index is -1.71. The van der Waals surface area contributed by atoms with Crippen LogP contribution in [0.3, 0.4) is 0 Å². The first-order valence-electron chi connectivity index (χ1n) is 11.0. The van der Waals surface area contributed by atoms with Crippen molar-refractivity contribution >= 4 is 19.1 Å². The van der Waals surface area contributed by atoms with Gasteiger partial charge in [0, 0.05) is 19.1 Å². The molecule has 1 aromatic carbocycles. The van der Waals surface area contributed by atoms with Crippen LogP contribution in [0.4, 0.5) is 4.79 Å². The fraction of sp³-hybridized carbons (Fsp3) is 0.522. The molecule has 1 saturated heterocycles. The maximum atomic E-state index is 13.0. The van der Waals surface area contributed by atoms with E-state index in [1.165, 1.54) is 0 Å². The van der Waals surface area contributed by atoms with Gasteiger partial charge in [-0.25, -0.2) is 4.79 Å². The number of nitriles is 1. The molecule has 9 heteroatoms. The zero-order chi connectivity index (χ0) is 23.7. The van der Waals surface area contributed by atoms with Gasteiger partial charge in [-0.05, 0) is 36.7 Å². The van der Waals surface area contributed by atoms with E-state index in [1.807, 2.05) is 57.2 Å². The summed E-state index contributed by atoms with van der Waals surface area (Å²) in [5.74, 6) is -1.19. The van der Waals surface area contributed by atoms with E-state index in [0.29, 0.717) is 6.54 Å². The quantitative estimate of drug-likeness (QED) is 0.292. The molecule has 1 heterocycles. The predicted octanol–water partition coefficient (Wildman–Crippen LogP) is 1.79. The van der Waals surface area contributed by atoms with Gasteiger partial charge in [0.2, 0.25) is 0 Å². The molecule has 0 radical (unpaired) electrons. The Morgan fingerprint density at radius 1 is 1.28 bits per heavy atom. The monoisotopic (exact) mass is 440 g/mol. The Hall–Kier alpha value is -2.83. The third kappa shape index (κ3) is 8.02. The number of hydrogen-bond acceptors (Lipinski definition) is 5. The Morgan fingerprint density at radius 3 is 2.56 bits per heavy atom. The van der Waals surface area contributed by atoms with Crippen molar-refractivity contribution in [2.24, 2.45) is 5.41 Å². The normalized spacial score (nSPS) is 17.8. The Morgan fingerprint density at radius 2 is 1.97 bits per heavy atom. The first-order valence-corrected chi connectivity index (χ1v) is 11.0. The van der Waals surface area contributed by atoms with Crippen LogP contribution >= 0.6 is 0 Å². The zero-order valence-electron chi connectivity index (χ0n) is 19.0. The molecule has 1 aliphatic heterocycles. The molecule has 32 heavy (non-hydrogen) atoms. The van der Waals surface area contributed by atoms with Crippen LogP contribution in [-0.2, 0) is 11.2 Å². The van der Waals surface area contributed by atoms with E-state index < -0.39 is 19.1 Å². The maximum Gasteiger partial charge on any atom is 0.475 e. The number of urea groups is 1. The molecule has 2 rings (SSSR count). The van der Waals surface area contributed by atoms with Gasteiger partial charge in [0.1, 0.15) is 11.6 Å². The number of hydrogen-bond donors (Lipinski definition) is 4. The van der Waals surface area contributed by atoms with E-state index in [1.54, 1.807) is 11.0 Å². The lowest BCUT2D eigenvalue weighted by atomic mass is 9.76. The van der Waals surface area contributed by atoms with Crippen LogP contribution in [0.5, 0.6) is 0 Å². The molecule has 1 aromatic rings. The van der Waals surface area contributed by atoms with E-state index in [0.717, 1.165) is 24.8 Å². The fourth-order valence-electron chi connectivity index (χ4n) is 3.74. The minimum absolute atomic E-state index is 0.111. The average Bonchev–Trinajstić information content (AvgIpc) is 2.75. The molecule has 1 aliphatic rings. The summed E-state index contributed by atoms with van der Waals surface area (Å²) in [6, 6.07) is 10.5. The maximum absolute atomic E-state index is 13.0. The topological polar surface area (TPSA) is 126 Å². The summed E-state index contributed by atoms with van der Waals surface area (Å²) in [7, 11) is -1.71. The van der Waals surface area contributed by atoms with Crippen molar-refractivity contribution in [1.82, 2.24) is 15.5 Å². The van der Waals surface area contributed by atoms with Crippen LogP contribution in [0.1, 0.15) is 45.6 Å². The summed E-state index contributed by atoms with van der Waals surface area (Å²) in [5, 5.41) is 34.1. The van der Waals surface area contributed by atoms with Crippen molar-refractivity contribution in [1.29, 1.82) is 5.26 Å². The zero-order valence-corrected chi connectivity index (χ0v) is 19.0. The summed E-state index contributed by atoms with van der Waals surface area (Å²) >= 11 is 0. The largest absolute Gasteiger partial charge is 0.475 e. The lowest BCUT2D eigenvalue weighted by Gasteiger charge is -2.36. The molecule has 1 fully saturated rings. The summed E-state index contributed by atoms with van der Waals surface area (Å²) < 4.78 is 0. The van der Waals surface area contributed by atoms with Crippen molar-refractivity contribution < 1.29 is 19.6 Å². The summed E-state index contributed by atoms with van der Waals surface area (Å²) in [6.45, 7) is 6.53. The third-order valence-corrected chi connectivity index (χ3v) is 5.29. The van der Waals surface area contributed by atoms with E-state index in [2.05, 4.69) is 10.6 Å². The predicted molar refractivity (Wildman–Crippen MR) is 123 cm³/mol. The second-order valence-corrected chi connectivity index (χ2v) is 9.25. The Labute approximate surface area is 190 Å². The third-order valence-electron chi connectivity index (χ3n) is 5.29. The standard InChI is InChI=1S/C23H33BN4O4/c1-23(2,3)14-18(15-25)21(29)28-12-8-7-11-19(28)16-26-22(30)27-20(24(31)32)13-17-9-5-4-6-10-17/h4-6,9-10,14,19-20,31-32H,7-8,11-13,16H2,1-3H3,(H2,26,27,30)/t19-,20-/m0/s1. The Kier molecular flexibility index (Phi) is 9.30. The molecular weight excluding hydrogens is 407 g/mol. The number of carbonyl (C=O) groups is 2. The second kappa shape index (κ2) is 11.7. The highest BCUT2D eigenvalue weighted by molar-refractivity contribution is 6.43. The highest BCUT2D eigenvalue weighted by atomic mass is 16.4. The van der Waals surface area contributed by atoms with E-state index >= 15 is 0 Å². The minimum Gasteiger partial charge on any atom is -0.426 e. The SMILES string of the molecule is CC(C)(C)C=C(C#N)C(=O)N1CCCC[C@H]1CNC(=O)N[C@@H](Cc1ccccc1)B(O)O. The lowest BCUT2D eigenvalue weighted by Crippen LogP contribution is -2.54. The Balaban J connectivity index is 1.99. The van der Waals surface area contributed by atoms with Gasteiger partial charge in [-0.1, -0.05) is 57.2 Å². The molecule has 0 saturated carbocycles. The van der Waals surface area contributed by atoms with Gasteiger partial charge in [0.05, 0.1) is 5.94 Å². The van der Waals surface area contributed by atoms with Crippen molar-refractivity contribution in [3.8, 4) is 6.07 Å². The van der Waals surface area contributed by atoms with Gasteiger partial charge >= 0.3 is 13.1 Å². The van der Waals surface area contributed by atoms with Gasteiger partial charge < -0.3 is 25.6 Å². The van der Waals surface area contributed by atoms with Crippen LogP contribution in [0.2, 0.25) is 0 Å². The van der Waals surface area contributed by atoms with Gasteiger partial charge in [-0.15, -0.1) is 0 Å². The number of piperidine rings is 1. The van der Waals surface area contributed by atoms with Crippen LogP contribution in [0, 0.1) is 16.7 Å². The molecule has 0 aromatic heterocycles. The van der Waals surface area contributed by atoms with Gasteiger partial charge in [0.15, 0.2) is 0 Å². The molecule has 4 N–H and O–H groups in total. The number of nitrogens with zero attached hydrogens (tertiary/aromatic N) is 2. The van der Waals surface area contributed by atoms with E-state index in [4.69, 9.17) is 0 Å². The molecule has 172 valence electrons. The van der Waals surface area contributed by atoms with Crippen molar-refractivity contribution in [2.45, 2.75) is 58.4 Å². The first-order chi connectivity index (χ1) is 15.1. The number of likely N-dealkylation sites (tertiary alicyclic amines) is 1. The van der Waals surface area contributed by atoms with Crippen molar-refractivity contribution in [3.05, 3.63) is 47.5 Å². The van der Waals surface area contributed by atoms with E-state index in [9.17, 15) is 24.9 Å². The van der Waals surface area contributed by atoms with Crippen LogP contribution in [-0.4, -0.2) is 59.1 Å². The molecule has 0 spiro atoms. The first kappa shape index (κ1) is 25.4. The van der Waals surface area contributed by atoms with Gasteiger partial charge in [0.25, 0.3) is 5.91 Å². The molecule has 2 atom stereocenters. The number of allylic oxidation sites excluding steroid dienone is 1. The highest BCUT2D eigenvalue weighted by Crippen LogP contribution is 2.22. The molecule has 8 nitrogen and oxygen atoms in total. The number of amides is 3. The lowest BCUT2D eigenvalue weighted by molar-refractivity contribution is -0.130. The number of carbonyl (C=O) groups excluding carboxylic acids is 2. The van der Waals surface area contributed by atoms with Crippen molar-refractivity contribution in [2.75, 3.05) is 13.1 Å². The molecule has 0 bridgehead atoms. The molecular formula is C23H33BN4O4. The Bertz CT molecular complexity index is 846. The smallest absolute Gasteiger partial charge is 0.426 e. The number of benzene rings is 1. The van der Waals surface area contributed by atoms with Crippen molar-refractivity contribution in [3.63, 3.8) is 0 Å². The van der Waals surface area contributed by atoms with Gasteiger partial charge in [-0.2, -0.15) is 5.26 Å². The number of nitrogens with one attached hydrogen (secondary N) is 2. The highest BCUT2D eigenvalue weighted by Gasteiger charge is 2.31. The molecule has 0 unspecified atom stereocenters. The fourth-order valence-corrected chi connectivity index (χ4v) is 3.74. The molecule has 0 aliphatic carbocycles. The van der Waals surface area contributed by atoms with E-state index in [-0.39, 0.29) is 35.9 Å². The summed E-state index contributed by atoms with van der Waals surface area (Å²) in [5.41, 5.74) is 0.674. The van der Waals surface area contributed by atoms with Gasteiger partial charge in [-0.3, -0.25) is 4.79 Å². The number of rotatable bonds is 7. The van der Waals surface area contributed by atoms with Crippen LogP contribution in [0.15, 0.2) is 42.0 Å². The second-order valence-electron chi connectivity index (χ2n) is 9.25. The average molecular weight is 440 g/mol. The van der Waals surface area contributed by atoms with Crippen LogP contribution in [0.25, 0.3) is 0 Å². The summed E-state index contributed by atoms with van der Waals surface area (Å²) in [4.78, 5) is 27.1.